The molecule has 0 aliphatic heterocycles. The van der Waals surface area contributed by atoms with E-state index in [2.05, 4.69) is 15.3 Å². The summed E-state index contributed by atoms with van der Waals surface area (Å²) in [6.45, 7) is 7.17. The van der Waals surface area contributed by atoms with Gasteiger partial charge < -0.3 is 24.8 Å². The zero-order chi connectivity index (χ0) is 24.6. The normalized spacial score (nSPS) is 20.6. The van der Waals surface area contributed by atoms with E-state index in [9.17, 15) is 15.0 Å². The number of aromatic nitrogens is 3. The number of hydrogen-bond acceptors (Lipinski definition) is 7. The molecule has 0 radical (unpaired) electrons. The number of carbonyl (C=O) groups excluding carboxylic acids is 1. The third kappa shape index (κ3) is 4.40. The second kappa shape index (κ2) is 9.99. The second-order valence-corrected chi connectivity index (χ2v) is 10.8. The fraction of sp³-hybridized carbons (Fsp3) is 0.720. The van der Waals surface area contributed by atoms with Crippen LogP contribution in [0.1, 0.15) is 72.4 Å². The Kier molecular flexibility index (Phi) is 7.41. The minimum Gasteiger partial charge on any atom is -0.465 e. The maximum atomic E-state index is 12.8. The number of nitrogens with zero attached hydrogens (tertiary/aromatic N) is 3. The SMILES string of the molecule is CCOC(=O)C(C)(C(C)C)C(O)[C@@H](O)n1cnc2c(NC(C3CCC3)C3CCC3)nc(Cl)cc21. The van der Waals surface area contributed by atoms with Gasteiger partial charge in [0.1, 0.15) is 16.8 Å². The van der Waals surface area contributed by atoms with E-state index in [-0.39, 0.29) is 17.7 Å². The Bertz CT molecular complexity index is 1010. The van der Waals surface area contributed by atoms with Crippen molar-refractivity contribution in [1.82, 2.24) is 14.5 Å². The summed E-state index contributed by atoms with van der Waals surface area (Å²) >= 11 is 6.40. The summed E-state index contributed by atoms with van der Waals surface area (Å²) in [6, 6.07) is 1.97. The van der Waals surface area contributed by atoms with Crippen LogP contribution in [0.4, 0.5) is 5.82 Å². The highest BCUT2D eigenvalue weighted by Crippen LogP contribution is 2.42. The molecule has 3 N–H and O–H groups in total. The van der Waals surface area contributed by atoms with Crippen molar-refractivity contribution in [3.8, 4) is 0 Å². The van der Waals surface area contributed by atoms with Gasteiger partial charge in [-0.3, -0.25) is 4.79 Å². The van der Waals surface area contributed by atoms with Crippen molar-refractivity contribution in [3.63, 3.8) is 0 Å². The van der Waals surface area contributed by atoms with Crippen LogP contribution in [0.25, 0.3) is 11.0 Å². The van der Waals surface area contributed by atoms with Crippen molar-refractivity contribution >= 4 is 34.4 Å². The maximum Gasteiger partial charge on any atom is 0.314 e. The van der Waals surface area contributed by atoms with Crippen LogP contribution in [0, 0.1) is 23.2 Å². The molecule has 0 spiro atoms. The predicted molar refractivity (Wildman–Crippen MR) is 131 cm³/mol. The number of hydrogen-bond donors (Lipinski definition) is 3. The van der Waals surface area contributed by atoms with Crippen LogP contribution in [-0.4, -0.2) is 49.5 Å². The number of carbonyl (C=O) groups is 1. The number of aliphatic hydroxyl groups is 2. The molecule has 0 amide bonds. The van der Waals surface area contributed by atoms with Gasteiger partial charge >= 0.3 is 5.97 Å². The average molecular weight is 493 g/mol. The lowest BCUT2D eigenvalue weighted by molar-refractivity contribution is -0.177. The first-order chi connectivity index (χ1) is 16.2. The predicted octanol–water partition coefficient (Wildman–Crippen LogP) is 4.54. The van der Waals surface area contributed by atoms with Crippen LogP contribution in [0.2, 0.25) is 5.15 Å². The van der Waals surface area contributed by atoms with Gasteiger partial charge in [-0.2, -0.15) is 0 Å². The molecule has 0 aromatic carbocycles. The quantitative estimate of drug-likeness (QED) is 0.330. The van der Waals surface area contributed by atoms with Crippen LogP contribution in [0.15, 0.2) is 12.4 Å². The summed E-state index contributed by atoms with van der Waals surface area (Å²) in [7, 11) is 0. The lowest BCUT2D eigenvalue weighted by Gasteiger charge is -2.43. The summed E-state index contributed by atoms with van der Waals surface area (Å²) in [5.41, 5.74) is -0.185. The van der Waals surface area contributed by atoms with Gasteiger partial charge in [0.15, 0.2) is 12.0 Å². The molecular weight excluding hydrogens is 456 g/mol. The molecular formula is C25H37ClN4O4. The van der Waals surface area contributed by atoms with E-state index in [4.69, 9.17) is 16.3 Å². The van der Waals surface area contributed by atoms with E-state index < -0.39 is 23.7 Å². The third-order valence-corrected chi connectivity index (χ3v) is 8.44. The van der Waals surface area contributed by atoms with Gasteiger partial charge in [0, 0.05) is 12.1 Å². The van der Waals surface area contributed by atoms with E-state index in [0.29, 0.717) is 34.7 Å². The minimum atomic E-state index is -1.43. The first-order valence-corrected chi connectivity index (χ1v) is 12.9. The van der Waals surface area contributed by atoms with Crippen LogP contribution in [0.3, 0.4) is 0 Å². The van der Waals surface area contributed by atoms with Crippen molar-refractivity contribution < 1.29 is 19.7 Å². The maximum absolute atomic E-state index is 12.8. The van der Waals surface area contributed by atoms with Gasteiger partial charge in [0.25, 0.3) is 0 Å². The van der Waals surface area contributed by atoms with Gasteiger partial charge in [-0.25, -0.2) is 9.97 Å². The molecule has 0 saturated heterocycles. The fourth-order valence-corrected chi connectivity index (χ4v) is 5.32. The molecule has 2 saturated carbocycles. The number of imidazole rings is 1. The lowest BCUT2D eigenvalue weighted by atomic mass is 9.68. The van der Waals surface area contributed by atoms with E-state index >= 15 is 0 Å². The number of pyridine rings is 1. The summed E-state index contributed by atoms with van der Waals surface area (Å²) in [5.74, 6) is 1.04. The summed E-state index contributed by atoms with van der Waals surface area (Å²) in [5, 5.41) is 26.3. The van der Waals surface area contributed by atoms with Gasteiger partial charge in [-0.15, -0.1) is 0 Å². The van der Waals surface area contributed by atoms with Crippen molar-refractivity contribution in [2.75, 3.05) is 11.9 Å². The topological polar surface area (TPSA) is 110 Å². The zero-order valence-corrected chi connectivity index (χ0v) is 21.3. The van der Waals surface area contributed by atoms with E-state index in [0.717, 1.165) is 0 Å². The number of rotatable bonds is 10. The number of ether oxygens (including phenoxy) is 1. The molecule has 3 atom stereocenters. The van der Waals surface area contributed by atoms with Crippen LogP contribution >= 0.6 is 11.6 Å². The molecule has 188 valence electrons. The van der Waals surface area contributed by atoms with Gasteiger partial charge in [-0.1, -0.05) is 38.3 Å². The van der Waals surface area contributed by atoms with Gasteiger partial charge in [0.05, 0.1) is 23.9 Å². The van der Waals surface area contributed by atoms with E-state index in [1.165, 1.54) is 49.4 Å². The van der Waals surface area contributed by atoms with Crippen molar-refractivity contribution in [2.24, 2.45) is 23.2 Å². The van der Waals surface area contributed by atoms with E-state index in [1.54, 1.807) is 19.9 Å². The number of anilines is 1. The second-order valence-electron chi connectivity index (χ2n) is 10.4. The Hall–Kier alpha value is -1.90. The van der Waals surface area contributed by atoms with Crippen LogP contribution in [0.5, 0.6) is 0 Å². The Labute approximate surface area is 206 Å². The molecule has 2 unspecified atom stereocenters. The molecule has 4 rings (SSSR count). The lowest BCUT2D eigenvalue weighted by Crippen LogP contribution is -2.49. The highest BCUT2D eigenvalue weighted by molar-refractivity contribution is 6.30. The number of aliphatic hydroxyl groups excluding tert-OH is 2. The highest BCUT2D eigenvalue weighted by atomic mass is 35.5. The standard InChI is InChI=1S/C25H37ClN4O4/c1-5-34-24(33)25(4,14(2)3)21(31)23(32)30-13-27-20-17(30)12-18(26)28-22(20)29-19(15-8-6-9-15)16-10-7-11-16/h12-16,19,21,23,31-32H,5-11H2,1-4H3,(H,28,29)/t21?,23-,25?/m1/s1. The molecule has 2 aromatic rings. The summed E-state index contributed by atoms with van der Waals surface area (Å²) < 4.78 is 6.69. The molecule has 34 heavy (non-hydrogen) atoms. The molecule has 9 heteroatoms. The smallest absolute Gasteiger partial charge is 0.314 e. The Morgan fingerprint density at radius 2 is 1.88 bits per heavy atom. The van der Waals surface area contributed by atoms with Gasteiger partial charge in [-0.05, 0) is 57.3 Å². The molecule has 2 aliphatic rings. The average Bonchev–Trinajstić information content (AvgIpc) is 3.13. The van der Waals surface area contributed by atoms with Crippen LogP contribution < -0.4 is 5.32 Å². The Morgan fingerprint density at radius 1 is 1.26 bits per heavy atom. The highest BCUT2D eigenvalue weighted by Gasteiger charge is 2.48. The van der Waals surface area contributed by atoms with Gasteiger partial charge in [0.2, 0.25) is 0 Å². The monoisotopic (exact) mass is 492 g/mol. The molecule has 2 fully saturated rings. The van der Waals surface area contributed by atoms with Crippen molar-refractivity contribution in [1.29, 1.82) is 0 Å². The summed E-state index contributed by atoms with van der Waals surface area (Å²) in [4.78, 5) is 21.8. The van der Waals surface area contributed by atoms with Crippen LogP contribution in [-0.2, 0) is 9.53 Å². The number of fused-ring (bicyclic) bond motifs is 1. The molecule has 2 heterocycles. The molecule has 2 aromatic heterocycles. The summed E-state index contributed by atoms with van der Waals surface area (Å²) in [6.07, 6.45) is 6.03. The molecule has 8 nitrogen and oxygen atoms in total. The molecule has 2 aliphatic carbocycles. The van der Waals surface area contributed by atoms with E-state index in [1.807, 2.05) is 13.8 Å². The largest absolute Gasteiger partial charge is 0.465 e. The molecule has 0 bridgehead atoms. The first-order valence-electron chi connectivity index (χ1n) is 12.5. The minimum absolute atomic E-state index is 0.192. The fourth-order valence-electron chi connectivity index (χ4n) is 5.13. The van der Waals surface area contributed by atoms with Crippen molar-refractivity contribution in [3.05, 3.63) is 17.5 Å². The Morgan fingerprint density at radius 3 is 2.38 bits per heavy atom. The number of halogens is 1. The van der Waals surface area contributed by atoms with Crippen molar-refractivity contribution in [2.45, 2.75) is 84.6 Å². The Balaban J connectivity index is 1.66. The first kappa shape index (κ1) is 25.2. The number of esters is 1. The zero-order valence-electron chi connectivity index (χ0n) is 20.5. The third-order valence-electron chi connectivity index (χ3n) is 8.25. The number of nitrogens with one attached hydrogen (secondary N) is 1.